The van der Waals surface area contributed by atoms with E-state index in [9.17, 15) is 9.90 Å². The molecule has 0 radical (unpaired) electrons. The van der Waals surface area contributed by atoms with E-state index in [1.54, 1.807) is 6.07 Å². The Morgan fingerprint density at radius 2 is 1.90 bits per heavy atom. The molecule has 1 aromatic heterocycles. The Bertz CT molecular complexity index is 597. The van der Waals surface area contributed by atoms with Gasteiger partial charge < -0.3 is 14.4 Å². The van der Waals surface area contributed by atoms with Crippen molar-refractivity contribution in [2.24, 2.45) is 0 Å². The van der Waals surface area contributed by atoms with Crippen molar-refractivity contribution in [2.75, 3.05) is 18.0 Å². The number of aliphatic hydroxyl groups excluding tert-OH is 1. The first-order chi connectivity index (χ1) is 9.78. The van der Waals surface area contributed by atoms with Gasteiger partial charge in [-0.3, -0.25) is 4.79 Å². The van der Waals surface area contributed by atoms with Crippen LogP contribution in [0.3, 0.4) is 0 Å². The number of piperidine rings is 1. The second kappa shape index (κ2) is 5.51. The second-order valence-electron chi connectivity index (χ2n) is 5.06. The molecule has 4 nitrogen and oxygen atoms in total. The standard InChI is InChI=1S/C16H17NO3/c18-11-13-5-6-16(20-13)14-3-1-2-4-15(14)17-9-7-12(19)8-10-17/h1-6,11-12,19H,7-10H2. The van der Waals surface area contributed by atoms with Gasteiger partial charge in [0.1, 0.15) is 5.76 Å². The van der Waals surface area contributed by atoms with Gasteiger partial charge in [-0.05, 0) is 37.1 Å². The van der Waals surface area contributed by atoms with E-state index in [0.717, 1.165) is 37.2 Å². The minimum Gasteiger partial charge on any atom is -0.453 e. The van der Waals surface area contributed by atoms with Gasteiger partial charge in [0, 0.05) is 24.3 Å². The lowest BCUT2D eigenvalue weighted by molar-refractivity contribution is 0.110. The van der Waals surface area contributed by atoms with Crippen LogP contribution in [0, 0.1) is 0 Å². The smallest absolute Gasteiger partial charge is 0.185 e. The molecule has 0 bridgehead atoms. The lowest BCUT2D eigenvalue weighted by Gasteiger charge is -2.32. The molecule has 104 valence electrons. The number of hydrogen-bond donors (Lipinski definition) is 1. The average molecular weight is 271 g/mol. The third-order valence-corrected chi connectivity index (χ3v) is 3.72. The van der Waals surface area contributed by atoms with Gasteiger partial charge in [0.15, 0.2) is 12.0 Å². The summed E-state index contributed by atoms with van der Waals surface area (Å²) in [5.74, 6) is 1.04. The second-order valence-corrected chi connectivity index (χ2v) is 5.06. The molecule has 0 saturated carbocycles. The van der Waals surface area contributed by atoms with Crippen molar-refractivity contribution in [3.63, 3.8) is 0 Å². The number of furan rings is 1. The van der Waals surface area contributed by atoms with Crippen LogP contribution in [0.1, 0.15) is 23.4 Å². The average Bonchev–Trinajstić information content (AvgIpc) is 2.97. The molecule has 4 heteroatoms. The Labute approximate surface area is 117 Å². The van der Waals surface area contributed by atoms with Gasteiger partial charge in [-0.2, -0.15) is 0 Å². The van der Waals surface area contributed by atoms with Crippen molar-refractivity contribution in [2.45, 2.75) is 18.9 Å². The van der Waals surface area contributed by atoms with Gasteiger partial charge in [0.25, 0.3) is 0 Å². The van der Waals surface area contributed by atoms with Gasteiger partial charge in [-0.15, -0.1) is 0 Å². The summed E-state index contributed by atoms with van der Waals surface area (Å²) in [4.78, 5) is 13.0. The number of aldehydes is 1. The Morgan fingerprint density at radius 3 is 2.60 bits per heavy atom. The van der Waals surface area contributed by atoms with Crippen LogP contribution < -0.4 is 4.90 Å². The third kappa shape index (κ3) is 2.47. The summed E-state index contributed by atoms with van der Waals surface area (Å²) in [5, 5.41) is 9.61. The summed E-state index contributed by atoms with van der Waals surface area (Å²) in [6.07, 6.45) is 2.09. The Hall–Kier alpha value is -2.07. The normalized spacial score (nSPS) is 16.4. The molecule has 0 unspecified atom stereocenters. The number of nitrogens with zero attached hydrogens (tertiary/aromatic N) is 1. The quantitative estimate of drug-likeness (QED) is 0.872. The predicted octanol–water partition coefficient (Wildman–Crippen LogP) is 2.72. The summed E-state index contributed by atoms with van der Waals surface area (Å²) in [6.45, 7) is 1.67. The van der Waals surface area contributed by atoms with Crippen molar-refractivity contribution in [1.82, 2.24) is 0 Å². The summed E-state index contributed by atoms with van der Waals surface area (Å²) in [6, 6.07) is 11.5. The number of carbonyl (C=O) groups is 1. The Morgan fingerprint density at radius 1 is 1.15 bits per heavy atom. The summed E-state index contributed by atoms with van der Waals surface area (Å²) in [5.41, 5.74) is 2.07. The monoisotopic (exact) mass is 271 g/mol. The zero-order valence-electron chi connectivity index (χ0n) is 11.2. The molecule has 1 saturated heterocycles. The number of para-hydroxylation sites is 1. The largest absolute Gasteiger partial charge is 0.453 e. The topological polar surface area (TPSA) is 53.7 Å². The zero-order chi connectivity index (χ0) is 13.9. The van der Waals surface area contributed by atoms with Crippen LogP contribution in [0.15, 0.2) is 40.8 Å². The molecule has 2 aromatic rings. The first-order valence-electron chi connectivity index (χ1n) is 6.85. The molecular weight excluding hydrogens is 254 g/mol. The van der Waals surface area contributed by atoms with Crippen LogP contribution in [0.5, 0.6) is 0 Å². The molecule has 1 aliphatic rings. The number of carbonyl (C=O) groups excluding carboxylic acids is 1. The van der Waals surface area contributed by atoms with Crippen molar-refractivity contribution in [3.05, 3.63) is 42.2 Å². The summed E-state index contributed by atoms with van der Waals surface area (Å²) >= 11 is 0. The number of rotatable bonds is 3. The van der Waals surface area contributed by atoms with E-state index in [1.165, 1.54) is 0 Å². The predicted molar refractivity (Wildman–Crippen MR) is 77.0 cm³/mol. The fourth-order valence-electron chi connectivity index (χ4n) is 2.63. The molecule has 0 aliphatic carbocycles. The molecule has 20 heavy (non-hydrogen) atoms. The Kier molecular flexibility index (Phi) is 3.56. The molecule has 1 aromatic carbocycles. The SMILES string of the molecule is O=Cc1ccc(-c2ccccc2N2CCC(O)CC2)o1. The van der Waals surface area contributed by atoms with E-state index >= 15 is 0 Å². The van der Waals surface area contributed by atoms with Crippen molar-refractivity contribution < 1.29 is 14.3 Å². The van der Waals surface area contributed by atoms with Crippen LogP contribution in [-0.2, 0) is 0 Å². The van der Waals surface area contributed by atoms with E-state index in [2.05, 4.69) is 11.0 Å². The number of benzene rings is 1. The number of anilines is 1. The minimum atomic E-state index is -0.191. The lowest BCUT2D eigenvalue weighted by Crippen LogP contribution is -2.36. The molecule has 1 aliphatic heterocycles. The van der Waals surface area contributed by atoms with Crippen LogP contribution in [0.4, 0.5) is 5.69 Å². The van der Waals surface area contributed by atoms with Gasteiger partial charge in [-0.1, -0.05) is 12.1 Å². The highest BCUT2D eigenvalue weighted by Gasteiger charge is 2.20. The molecule has 0 spiro atoms. The fraction of sp³-hybridized carbons (Fsp3) is 0.312. The summed E-state index contributed by atoms with van der Waals surface area (Å²) in [7, 11) is 0. The lowest BCUT2D eigenvalue weighted by atomic mass is 10.0. The van der Waals surface area contributed by atoms with Gasteiger partial charge in [-0.25, -0.2) is 0 Å². The molecule has 3 rings (SSSR count). The fourth-order valence-corrected chi connectivity index (χ4v) is 2.63. The first-order valence-corrected chi connectivity index (χ1v) is 6.85. The highest BCUT2D eigenvalue weighted by Crippen LogP contribution is 2.33. The van der Waals surface area contributed by atoms with Crippen molar-refractivity contribution in [3.8, 4) is 11.3 Å². The molecular formula is C16H17NO3. The van der Waals surface area contributed by atoms with E-state index < -0.39 is 0 Å². The van der Waals surface area contributed by atoms with Crippen LogP contribution in [-0.4, -0.2) is 30.6 Å². The zero-order valence-corrected chi connectivity index (χ0v) is 11.2. The maximum atomic E-state index is 10.7. The highest BCUT2D eigenvalue weighted by molar-refractivity contribution is 5.78. The number of hydrogen-bond acceptors (Lipinski definition) is 4. The molecule has 1 N–H and O–H groups in total. The van der Waals surface area contributed by atoms with Crippen molar-refractivity contribution >= 4 is 12.0 Å². The van der Waals surface area contributed by atoms with Crippen molar-refractivity contribution in [1.29, 1.82) is 0 Å². The third-order valence-electron chi connectivity index (χ3n) is 3.72. The highest BCUT2D eigenvalue weighted by atomic mass is 16.3. The molecule has 2 heterocycles. The maximum Gasteiger partial charge on any atom is 0.185 e. The van der Waals surface area contributed by atoms with Crippen LogP contribution in [0.25, 0.3) is 11.3 Å². The van der Waals surface area contributed by atoms with Gasteiger partial charge in [0.2, 0.25) is 0 Å². The van der Waals surface area contributed by atoms with Gasteiger partial charge >= 0.3 is 0 Å². The first kappa shape index (κ1) is 12.9. The Balaban J connectivity index is 1.93. The van der Waals surface area contributed by atoms with E-state index in [4.69, 9.17) is 4.42 Å². The van der Waals surface area contributed by atoms with E-state index in [0.29, 0.717) is 17.8 Å². The van der Waals surface area contributed by atoms with Gasteiger partial charge in [0.05, 0.1) is 6.10 Å². The minimum absolute atomic E-state index is 0.191. The molecule has 1 fully saturated rings. The van der Waals surface area contributed by atoms with E-state index in [-0.39, 0.29) is 6.10 Å². The maximum absolute atomic E-state index is 10.7. The molecule has 0 atom stereocenters. The van der Waals surface area contributed by atoms with E-state index in [1.807, 2.05) is 24.3 Å². The van der Waals surface area contributed by atoms with Crippen LogP contribution >= 0.6 is 0 Å². The molecule has 0 amide bonds. The van der Waals surface area contributed by atoms with Crippen LogP contribution in [0.2, 0.25) is 0 Å². The number of aliphatic hydroxyl groups is 1. The summed E-state index contributed by atoms with van der Waals surface area (Å²) < 4.78 is 5.53.